The molecule has 0 unspecified atom stereocenters. The van der Waals surface area contributed by atoms with Crippen LogP contribution in [0.5, 0.6) is 0 Å². The van der Waals surface area contributed by atoms with E-state index in [1.54, 1.807) is 4.68 Å². The fourth-order valence-electron chi connectivity index (χ4n) is 2.59. The smallest absolute Gasteiger partial charge is 0.144 e. The zero-order valence-corrected chi connectivity index (χ0v) is 12.0. The van der Waals surface area contributed by atoms with Gasteiger partial charge in [0.15, 0.2) is 0 Å². The fraction of sp³-hybridized carbons (Fsp3) is 0.235. The summed E-state index contributed by atoms with van der Waals surface area (Å²) in [4.78, 5) is 16.5. The van der Waals surface area contributed by atoms with Crippen LogP contribution in [0, 0.1) is 0 Å². The summed E-state index contributed by atoms with van der Waals surface area (Å²) < 4.78 is 1.76. The molecule has 3 rings (SSSR count). The summed E-state index contributed by atoms with van der Waals surface area (Å²) in [6.07, 6.45) is 2.26. The van der Waals surface area contributed by atoms with E-state index in [-0.39, 0.29) is 5.78 Å². The Morgan fingerprint density at radius 3 is 2.76 bits per heavy atom. The van der Waals surface area contributed by atoms with E-state index in [9.17, 15) is 4.79 Å². The first-order chi connectivity index (χ1) is 10.3. The van der Waals surface area contributed by atoms with E-state index in [1.807, 2.05) is 31.2 Å². The van der Waals surface area contributed by atoms with Crippen molar-refractivity contribution in [1.29, 1.82) is 0 Å². The van der Waals surface area contributed by atoms with Crippen LogP contribution in [0.3, 0.4) is 0 Å². The lowest BCUT2D eigenvalue weighted by Gasteiger charge is -2.06. The minimum Gasteiger partial charge on any atom is -0.299 e. The molecule has 1 aromatic heterocycles. The van der Waals surface area contributed by atoms with Gasteiger partial charge in [0, 0.05) is 13.0 Å². The van der Waals surface area contributed by atoms with Gasteiger partial charge < -0.3 is 0 Å². The molecule has 3 aromatic rings. The van der Waals surface area contributed by atoms with Gasteiger partial charge >= 0.3 is 0 Å². The van der Waals surface area contributed by atoms with E-state index in [0.717, 1.165) is 23.3 Å². The number of hydrogen-bond donors (Lipinski definition) is 0. The van der Waals surface area contributed by atoms with E-state index in [0.29, 0.717) is 12.8 Å². The molecule has 0 amide bonds. The zero-order chi connectivity index (χ0) is 14.7. The van der Waals surface area contributed by atoms with Crippen molar-refractivity contribution < 1.29 is 4.79 Å². The van der Waals surface area contributed by atoms with Crippen molar-refractivity contribution in [3.05, 3.63) is 60.2 Å². The maximum absolute atomic E-state index is 12.3. The van der Waals surface area contributed by atoms with Crippen LogP contribution in [-0.2, 0) is 24.2 Å². The maximum atomic E-state index is 12.3. The third-order valence-corrected chi connectivity index (χ3v) is 3.62. The Morgan fingerprint density at radius 1 is 1.10 bits per heavy atom. The Balaban J connectivity index is 1.81. The second-order valence-electron chi connectivity index (χ2n) is 5.02. The third kappa shape index (κ3) is 2.84. The molecule has 0 aliphatic rings. The van der Waals surface area contributed by atoms with Crippen LogP contribution in [-0.4, -0.2) is 20.5 Å². The number of carbonyl (C=O) groups excluding carboxylic acids is 1. The first-order valence-corrected chi connectivity index (χ1v) is 7.13. The molecule has 0 aliphatic heterocycles. The zero-order valence-electron chi connectivity index (χ0n) is 12.0. The van der Waals surface area contributed by atoms with Gasteiger partial charge in [-0.05, 0) is 23.3 Å². The number of Topliss-reactive ketones (excluding diaryl/α,β-unsaturated/α-hetero) is 1. The summed E-state index contributed by atoms with van der Waals surface area (Å²) in [6.45, 7) is 2.73. The lowest BCUT2D eigenvalue weighted by Crippen LogP contribution is -2.12. The molecular weight excluding hydrogens is 262 g/mol. The van der Waals surface area contributed by atoms with Gasteiger partial charge in [0.1, 0.15) is 17.9 Å². The number of rotatable bonds is 5. The van der Waals surface area contributed by atoms with Gasteiger partial charge in [0.2, 0.25) is 0 Å². The molecule has 0 aliphatic carbocycles. The molecule has 0 fully saturated rings. The average Bonchev–Trinajstić information content (AvgIpc) is 2.94. The van der Waals surface area contributed by atoms with Crippen LogP contribution in [0.4, 0.5) is 0 Å². The van der Waals surface area contributed by atoms with Crippen molar-refractivity contribution in [2.24, 2.45) is 0 Å². The Hall–Kier alpha value is -2.49. The van der Waals surface area contributed by atoms with E-state index in [1.165, 1.54) is 11.7 Å². The van der Waals surface area contributed by atoms with Gasteiger partial charge in [-0.2, -0.15) is 5.10 Å². The van der Waals surface area contributed by atoms with Gasteiger partial charge in [-0.3, -0.25) is 4.79 Å². The molecule has 0 atom stereocenters. The van der Waals surface area contributed by atoms with E-state index in [4.69, 9.17) is 0 Å². The third-order valence-electron chi connectivity index (χ3n) is 3.62. The molecule has 4 heteroatoms. The van der Waals surface area contributed by atoms with Crippen molar-refractivity contribution in [3.8, 4) is 0 Å². The molecule has 0 N–H and O–H groups in total. The molecule has 21 heavy (non-hydrogen) atoms. The Kier molecular flexibility index (Phi) is 3.77. The number of benzene rings is 2. The maximum Gasteiger partial charge on any atom is 0.144 e. The summed E-state index contributed by atoms with van der Waals surface area (Å²) in [5, 5.41) is 6.41. The molecule has 1 heterocycles. The van der Waals surface area contributed by atoms with Gasteiger partial charge in [0.05, 0.1) is 6.42 Å². The highest BCUT2D eigenvalue weighted by Gasteiger charge is 2.11. The average molecular weight is 279 g/mol. The fourth-order valence-corrected chi connectivity index (χ4v) is 2.59. The van der Waals surface area contributed by atoms with E-state index >= 15 is 0 Å². The van der Waals surface area contributed by atoms with Crippen molar-refractivity contribution in [3.63, 3.8) is 0 Å². The van der Waals surface area contributed by atoms with E-state index < -0.39 is 0 Å². The Morgan fingerprint density at radius 2 is 1.90 bits per heavy atom. The van der Waals surface area contributed by atoms with Crippen molar-refractivity contribution in [2.75, 3.05) is 0 Å². The monoisotopic (exact) mass is 279 g/mol. The minimum atomic E-state index is 0.161. The topological polar surface area (TPSA) is 47.8 Å². The summed E-state index contributed by atoms with van der Waals surface area (Å²) in [7, 11) is 0. The number of fused-ring (bicyclic) bond motifs is 1. The van der Waals surface area contributed by atoms with Crippen LogP contribution < -0.4 is 0 Å². The lowest BCUT2D eigenvalue weighted by atomic mass is 9.99. The number of aryl methyl sites for hydroxylation is 1. The first kappa shape index (κ1) is 13.5. The van der Waals surface area contributed by atoms with Crippen LogP contribution in [0.15, 0.2) is 48.8 Å². The predicted octanol–water partition coefficient (Wildman–Crippen LogP) is 2.81. The molecule has 106 valence electrons. The molecule has 0 saturated carbocycles. The quantitative estimate of drug-likeness (QED) is 0.721. The molecule has 0 spiro atoms. The summed E-state index contributed by atoms with van der Waals surface area (Å²) in [6, 6.07) is 14.2. The molecular formula is C17H17N3O. The molecule has 0 bridgehead atoms. The second-order valence-corrected chi connectivity index (χ2v) is 5.02. The number of aromatic nitrogens is 3. The van der Waals surface area contributed by atoms with Gasteiger partial charge in [-0.15, -0.1) is 0 Å². The lowest BCUT2D eigenvalue weighted by molar-refractivity contribution is -0.117. The van der Waals surface area contributed by atoms with Gasteiger partial charge in [0.25, 0.3) is 0 Å². The van der Waals surface area contributed by atoms with Gasteiger partial charge in [-0.25, -0.2) is 9.67 Å². The molecule has 0 radical (unpaired) electrons. The van der Waals surface area contributed by atoms with Crippen molar-refractivity contribution >= 4 is 16.6 Å². The molecule has 0 saturated heterocycles. The van der Waals surface area contributed by atoms with Crippen LogP contribution in [0.1, 0.15) is 18.3 Å². The van der Waals surface area contributed by atoms with Gasteiger partial charge in [-0.1, -0.05) is 42.5 Å². The standard InChI is InChI=1S/C17H17N3O/c1-2-20-17(18-12-19-20)11-15(21)10-14-8-5-7-13-6-3-4-9-16(13)14/h3-9,12H,2,10-11H2,1H3. The van der Waals surface area contributed by atoms with Crippen molar-refractivity contribution in [1.82, 2.24) is 14.8 Å². The summed E-state index contributed by atoms with van der Waals surface area (Å²) in [5.74, 6) is 0.900. The van der Waals surface area contributed by atoms with E-state index in [2.05, 4.69) is 28.3 Å². The molecule has 4 nitrogen and oxygen atoms in total. The predicted molar refractivity (Wildman–Crippen MR) is 82.1 cm³/mol. The number of hydrogen-bond acceptors (Lipinski definition) is 3. The highest BCUT2D eigenvalue weighted by molar-refractivity contribution is 5.91. The normalized spacial score (nSPS) is 10.9. The summed E-state index contributed by atoms with van der Waals surface area (Å²) in [5.41, 5.74) is 1.07. The van der Waals surface area contributed by atoms with Crippen LogP contribution in [0.2, 0.25) is 0 Å². The second kappa shape index (κ2) is 5.87. The highest BCUT2D eigenvalue weighted by atomic mass is 16.1. The van der Waals surface area contributed by atoms with Crippen LogP contribution >= 0.6 is 0 Å². The highest BCUT2D eigenvalue weighted by Crippen LogP contribution is 2.19. The SMILES string of the molecule is CCn1ncnc1CC(=O)Cc1cccc2ccccc12. The van der Waals surface area contributed by atoms with Crippen LogP contribution in [0.25, 0.3) is 10.8 Å². The number of nitrogens with zero attached hydrogens (tertiary/aromatic N) is 3. The molecule has 2 aromatic carbocycles. The largest absolute Gasteiger partial charge is 0.299 e. The summed E-state index contributed by atoms with van der Waals surface area (Å²) >= 11 is 0. The Bertz CT molecular complexity index is 771. The first-order valence-electron chi connectivity index (χ1n) is 7.13. The number of carbonyl (C=O) groups is 1. The van der Waals surface area contributed by atoms with Crippen molar-refractivity contribution in [2.45, 2.75) is 26.3 Å². The number of ketones is 1. The minimum absolute atomic E-state index is 0.161. The Labute approximate surface area is 123 Å².